The Bertz CT molecular complexity index is 804. The smallest absolute Gasteiger partial charge is 0.224 e. The Morgan fingerprint density at radius 2 is 1.75 bits per heavy atom. The van der Waals surface area contributed by atoms with Gasteiger partial charge in [-0.3, -0.25) is 4.79 Å². The molecule has 0 atom stereocenters. The number of hydrogen-bond donors (Lipinski definition) is 1. The molecule has 0 saturated carbocycles. The SMILES string of the molecule is COc1cc(CN(Cc2ccc(C)nc2Cl)C(=O)CCN)cc(OC)c1OC. The molecule has 28 heavy (non-hydrogen) atoms. The molecule has 1 amide bonds. The van der Waals surface area contributed by atoms with Crippen molar-refractivity contribution < 1.29 is 19.0 Å². The van der Waals surface area contributed by atoms with Crippen molar-refractivity contribution in [1.29, 1.82) is 0 Å². The number of nitrogens with zero attached hydrogens (tertiary/aromatic N) is 2. The molecule has 1 aromatic heterocycles. The second kappa shape index (κ2) is 10.1. The first kappa shape index (κ1) is 21.8. The third-order valence-electron chi connectivity index (χ3n) is 4.24. The second-order valence-corrected chi connectivity index (χ2v) is 6.58. The lowest BCUT2D eigenvalue weighted by atomic mass is 10.1. The molecule has 2 N–H and O–H groups in total. The minimum absolute atomic E-state index is 0.0760. The lowest BCUT2D eigenvalue weighted by Crippen LogP contribution is -2.31. The highest BCUT2D eigenvalue weighted by Crippen LogP contribution is 2.38. The topological polar surface area (TPSA) is 86.9 Å². The first-order valence-corrected chi connectivity index (χ1v) is 9.20. The van der Waals surface area contributed by atoms with Crippen LogP contribution in [0.1, 0.15) is 23.2 Å². The van der Waals surface area contributed by atoms with E-state index in [9.17, 15) is 4.79 Å². The summed E-state index contributed by atoms with van der Waals surface area (Å²) in [4.78, 5) is 18.6. The molecule has 0 aliphatic carbocycles. The van der Waals surface area contributed by atoms with E-state index >= 15 is 0 Å². The van der Waals surface area contributed by atoms with Gasteiger partial charge in [0.1, 0.15) is 5.15 Å². The Morgan fingerprint density at radius 1 is 1.11 bits per heavy atom. The molecule has 2 aromatic rings. The number of ether oxygens (including phenoxy) is 3. The molecule has 0 bridgehead atoms. The van der Waals surface area contributed by atoms with E-state index in [0.29, 0.717) is 35.5 Å². The minimum Gasteiger partial charge on any atom is -0.493 e. The van der Waals surface area contributed by atoms with Crippen LogP contribution >= 0.6 is 11.6 Å². The standard InChI is InChI=1S/C20H26ClN3O4/c1-13-5-6-15(20(21)23-13)12-24(18(25)7-8-22)11-14-9-16(26-2)19(28-4)17(10-14)27-3/h5-6,9-10H,7-8,11-12,22H2,1-4H3. The van der Waals surface area contributed by atoms with Gasteiger partial charge in [-0.2, -0.15) is 0 Å². The first-order valence-electron chi connectivity index (χ1n) is 8.82. The van der Waals surface area contributed by atoms with E-state index in [1.807, 2.05) is 31.2 Å². The Balaban J connectivity index is 2.36. The molecule has 0 aliphatic heterocycles. The fourth-order valence-electron chi connectivity index (χ4n) is 2.84. The van der Waals surface area contributed by atoms with Gasteiger partial charge in [-0.1, -0.05) is 17.7 Å². The maximum atomic E-state index is 12.7. The Morgan fingerprint density at radius 3 is 2.25 bits per heavy atom. The summed E-state index contributed by atoms with van der Waals surface area (Å²) in [7, 11) is 4.65. The average Bonchev–Trinajstić information content (AvgIpc) is 2.68. The Kier molecular flexibility index (Phi) is 7.90. The third-order valence-corrected chi connectivity index (χ3v) is 4.56. The van der Waals surface area contributed by atoms with Crippen molar-refractivity contribution in [2.24, 2.45) is 5.73 Å². The third kappa shape index (κ3) is 5.27. The number of aryl methyl sites for hydroxylation is 1. The molecule has 1 aromatic carbocycles. The number of pyridine rings is 1. The second-order valence-electron chi connectivity index (χ2n) is 6.22. The van der Waals surface area contributed by atoms with Gasteiger partial charge in [0, 0.05) is 37.3 Å². The fourth-order valence-corrected chi connectivity index (χ4v) is 3.09. The molecule has 152 valence electrons. The number of carbonyl (C=O) groups excluding carboxylic acids is 1. The molecule has 1 heterocycles. The van der Waals surface area contributed by atoms with Gasteiger partial charge in [0.05, 0.1) is 21.3 Å². The molecule has 0 unspecified atom stereocenters. The number of halogens is 1. The summed E-state index contributed by atoms with van der Waals surface area (Å²) in [5.74, 6) is 1.48. The summed E-state index contributed by atoms with van der Waals surface area (Å²) in [6.07, 6.45) is 0.237. The maximum Gasteiger partial charge on any atom is 0.224 e. The largest absolute Gasteiger partial charge is 0.493 e. The van der Waals surface area contributed by atoms with Crippen LogP contribution in [-0.2, 0) is 17.9 Å². The monoisotopic (exact) mass is 407 g/mol. The van der Waals surface area contributed by atoms with E-state index < -0.39 is 0 Å². The first-order chi connectivity index (χ1) is 13.4. The van der Waals surface area contributed by atoms with Gasteiger partial charge >= 0.3 is 0 Å². The van der Waals surface area contributed by atoms with Crippen molar-refractivity contribution in [2.75, 3.05) is 27.9 Å². The number of hydrogen-bond acceptors (Lipinski definition) is 6. The van der Waals surface area contributed by atoms with E-state index in [1.165, 1.54) is 0 Å². The molecule has 0 fully saturated rings. The Labute approximate surface area is 170 Å². The fraction of sp³-hybridized carbons (Fsp3) is 0.400. The summed E-state index contributed by atoms with van der Waals surface area (Å²) in [5, 5.41) is 0.385. The van der Waals surface area contributed by atoms with E-state index in [2.05, 4.69) is 4.98 Å². The summed E-state index contributed by atoms with van der Waals surface area (Å²) in [6, 6.07) is 7.38. The van der Waals surface area contributed by atoms with Gasteiger partial charge < -0.3 is 24.8 Å². The zero-order valence-corrected chi connectivity index (χ0v) is 17.4. The highest BCUT2D eigenvalue weighted by atomic mass is 35.5. The summed E-state index contributed by atoms with van der Waals surface area (Å²) >= 11 is 6.26. The van der Waals surface area contributed by atoms with Crippen molar-refractivity contribution in [1.82, 2.24) is 9.88 Å². The van der Waals surface area contributed by atoms with E-state index in [-0.39, 0.29) is 18.9 Å². The predicted octanol–water partition coefficient (Wildman–Crippen LogP) is 2.95. The van der Waals surface area contributed by atoms with E-state index in [4.69, 9.17) is 31.5 Å². The van der Waals surface area contributed by atoms with Gasteiger partial charge in [0.2, 0.25) is 11.7 Å². The summed E-state index contributed by atoms with van der Waals surface area (Å²) in [5.41, 5.74) is 8.01. The van der Waals surface area contributed by atoms with Crippen molar-refractivity contribution >= 4 is 17.5 Å². The predicted molar refractivity (Wildman–Crippen MR) is 108 cm³/mol. The zero-order valence-electron chi connectivity index (χ0n) is 16.6. The lowest BCUT2D eigenvalue weighted by Gasteiger charge is -2.24. The molecule has 8 heteroatoms. The van der Waals surface area contributed by atoms with E-state index in [1.54, 1.807) is 26.2 Å². The zero-order chi connectivity index (χ0) is 20.7. The van der Waals surface area contributed by atoms with Gasteiger partial charge in [0.15, 0.2) is 11.5 Å². The molecular formula is C20H26ClN3O4. The van der Waals surface area contributed by atoms with Gasteiger partial charge in [0.25, 0.3) is 0 Å². The molecule has 0 saturated heterocycles. The van der Waals surface area contributed by atoms with Gasteiger partial charge in [-0.15, -0.1) is 0 Å². The van der Waals surface area contributed by atoms with Gasteiger partial charge in [-0.25, -0.2) is 4.98 Å². The highest BCUT2D eigenvalue weighted by Gasteiger charge is 2.19. The van der Waals surface area contributed by atoms with Crippen molar-refractivity contribution in [3.8, 4) is 17.2 Å². The van der Waals surface area contributed by atoms with Crippen molar-refractivity contribution in [3.63, 3.8) is 0 Å². The van der Waals surface area contributed by atoms with Crippen LogP contribution in [0.4, 0.5) is 0 Å². The number of amides is 1. The quantitative estimate of drug-likeness (QED) is 0.643. The summed E-state index contributed by atoms with van der Waals surface area (Å²) in [6.45, 7) is 2.79. The molecule has 0 spiro atoms. The van der Waals surface area contributed by atoms with Crippen LogP contribution in [0.15, 0.2) is 24.3 Å². The van der Waals surface area contributed by atoms with Crippen molar-refractivity contribution in [2.45, 2.75) is 26.4 Å². The molecule has 7 nitrogen and oxygen atoms in total. The normalized spacial score (nSPS) is 10.5. The van der Waals surface area contributed by atoms with Crippen molar-refractivity contribution in [3.05, 3.63) is 46.2 Å². The van der Waals surface area contributed by atoms with Gasteiger partial charge in [-0.05, 0) is 30.7 Å². The van der Waals surface area contributed by atoms with E-state index in [0.717, 1.165) is 16.8 Å². The number of benzene rings is 1. The average molecular weight is 408 g/mol. The lowest BCUT2D eigenvalue weighted by molar-refractivity contribution is -0.132. The number of aromatic nitrogens is 1. The molecule has 2 rings (SSSR count). The number of rotatable bonds is 9. The maximum absolute atomic E-state index is 12.7. The molecule has 0 radical (unpaired) electrons. The van der Waals surface area contributed by atoms with Crippen LogP contribution in [0.25, 0.3) is 0 Å². The van der Waals surface area contributed by atoms with Crippen LogP contribution in [0.5, 0.6) is 17.2 Å². The number of nitrogens with two attached hydrogens (primary N) is 1. The Hall–Kier alpha value is -2.51. The summed E-state index contributed by atoms with van der Waals surface area (Å²) < 4.78 is 16.2. The van der Waals surface area contributed by atoms with Crippen LogP contribution in [0, 0.1) is 6.92 Å². The van der Waals surface area contributed by atoms with Crippen LogP contribution in [-0.4, -0.2) is 43.7 Å². The molecule has 0 aliphatic rings. The number of methoxy groups -OCH3 is 3. The van der Waals surface area contributed by atoms with Crippen LogP contribution < -0.4 is 19.9 Å². The minimum atomic E-state index is -0.0760. The number of carbonyl (C=O) groups is 1. The molecular weight excluding hydrogens is 382 g/mol. The van der Waals surface area contributed by atoms with Crippen LogP contribution in [0.2, 0.25) is 5.15 Å². The highest BCUT2D eigenvalue weighted by molar-refractivity contribution is 6.30. The van der Waals surface area contributed by atoms with Crippen LogP contribution in [0.3, 0.4) is 0 Å².